The van der Waals surface area contributed by atoms with Crippen LogP contribution < -0.4 is 4.72 Å². The second kappa shape index (κ2) is 6.67. The molecule has 3 rings (SSSR count). The van der Waals surface area contributed by atoms with E-state index in [0.717, 1.165) is 6.07 Å². The Kier molecular flexibility index (Phi) is 4.84. The molecule has 2 aromatic rings. The molecule has 1 N–H and O–H groups in total. The number of hydrogen-bond donors (Lipinski definition) is 1. The summed E-state index contributed by atoms with van der Waals surface area (Å²) >= 11 is 0. The molecule has 0 saturated carbocycles. The molecule has 1 atom stereocenters. The average Bonchev–Trinajstić information content (AvgIpc) is 2.96. The summed E-state index contributed by atoms with van der Waals surface area (Å²) in [5.41, 5.74) is 0.350. The summed E-state index contributed by atoms with van der Waals surface area (Å²) in [6.07, 6.45) is 0.0178. The van der Waals surface area contributed by atoms with Crippen LogP contribution in [0.5, 0.6) is 0 Å². The highest BCUT2D eigenvalue weighted by Crippen LogP contribution is 2.27. The van der Waals surface area contributed by atoms with E-state index < -0.39 is 40.7 Å². The fraction of sp³-hybridized carbons (Fsp3) is 0.250. The zero-order valence-corrected chi connectivity index (χ0v) is 16.0. The predicted octanol–water partition coefficient (Wildman–Crippen LogP) is 1.45. The van der Waals surface area contributed by atoms with Crippen molar-refractivity contribution >= 4 is 35.4 Å². The van der Waals surface area contributed by atoms with Gasteiger partial charge >= 0.3 is 0 Å². The number of rotatable bonds is 5. The van der Waals surface area contributed by atoms with Crippen LogP contribution in [0.2, 0.25) is 0 Å². The number of sulfonamides is 1. The van der Waals surface area contributed by atoms with E-state index in [1.165, 1.54) is 18.2 Å². The second-order valence-electron chi connectivity index (χ2n) is 6.02. The molecule has 1 heterocycles. The van der Waals surface area contributed by atoms with Crippen LogP contribution in [-0.2, 0) is 29.7 Å². The number of hydrogen-bond acceptors (Lipinski definition) is 6. The number of benzene rings is 2. The maximum atomic E-state index is 12.7. The zero-order chi connectivity index (χ0) is 19.0. The standard InChI is InChI=1S/C16H17NO6S3/c18-24(19)10-9-16(12-24)25(20,21)14-7-4-8-15(11-14)26(22,23)17-13-5-2-1-3-6-13/h1-8,11,16-17H,9-10,12H2. The molecule has 0 aliphatic carbocycles. The summed E-state index contributed by atoms with van der Waals surface area (Å²) in [5.74, 6) is -0.612. The lowest BCUT2D eigenvalue weighted by molar-refractivity contribution is 0.582. The van der Waals surface area contributed by atoms with Gasteiger partial charge in [-0.15, -0.1) is 0 Å². The summed E-state index contributed by atoms with van der Waals surface area (Å²) in [5, 5.41) is -1.05. The molecule has 10 heteroatoms. The second-order valence-corrected chi connectivity index (χ2v) is 12.2. The summed E-state index contributed by atoms with van der Waals surface area (Å²) in [7, 11) is -11.3. The summed E-state index contributed by atoms with van der Waals surface area (Å²) in [6, 6.07) is 13.2. The molecule has 1 fully saturated rings. The maximum absolute atomic E-state index is 12.7. The Morgan fingerprint density at radius 1 is 0.885 bits per heavy atom. The van der Waals surface area contributed by atoms with Gasteiger partial charge in [-0.25, -0.2) is 25.3 Å². The molecule has 1 aliphatic heterocycles. The van der Waals surface area contributed by atoms with E-state index in [1.807, 2.05) is 0 Å². The van der Waals surface area contributed by atoms with Crippen LogP contribution in [-0.4, -0.2) is 42.0 Å². The lowest BCUT2D eigenvalue weighted by Gasteiger charge is -2.12. The Morgan fingerprint density at radius 3 is 2.15 bits per heavy atom. The largest absolute Gasteiger partial charge is 0.280 e. The highest BCUT2D eigenvalue weighted by molar-refractivity contribution is 7.96. The Morgan fingerprint density at radius 2 is 1.54 bits per heavy atom. The van der Waals surface area contributed by atoms with Gasteiger partial charge in [0.25, 0.3) is 10.0 Å². The molecule has 0 amide bonds. The highest BCUT2D eigenvalue weighted by Gasteiger charge is 2.38. The smallest absolute Gasteiger partial charge is 0.261 e. The maximum Gasteiger partial charge on any atom is 0.261 e. The number of sulfone groups is 2. The van der Waals surface area contributed by atoms with E-state index in [4.69, 9.17) is 0 Å². The van der Waals surface area contributed by atoms with Crippen molar-refractivity contribution in [2.45, 2.75) is 21.5 Å². The van der Waals surface area contributed by atoms with Crippen molar-refractivity contribution < 1.29 is 25.3 Å². The molecule has 0 radical (unpaired) electrons. The monoisotopic (exact) mass is 415 g/mol. The van der Waals surface area contributed by atoms with Crippen LogP contribution in [0.25, 0.3) is 0 Å². The average molecular weight is 416 g/mol. The van der Waals surface area contributed by atoms with Crippen molar-refractivity contribution in [1.82, 2.24) is 0 Å². The molecular formula is C16H17NO6S3. The minimum atomic E-state index is -3.98. The van der Waals surface area contributed by atoms with E-state index in [2.05, 4.69) is 4.72 Å². The fourth-order valence-electron chi connectivity index (χ4n) is 2.74. The number of nitrogens with one attached hydrogen (secondary N) is 1. The van der Waals surface area contributed by atoms with Crippen molar-refractivity contribution in [2.75, 3.05) is 16.2 Å². The van der Waals surface area contributed by atoms with Crippen molar-refractivity contribution in [3.8, 4) is 0 Å². The lowest BCUT2D eigenvalue weighted by Crippen LogP contribution is -2.23. The van der Waals surface area contributed by atoms with E-state index in [-0.39, 0.29) is 22.0 Å². The quantitative estimate of drug-likeness (QED) is 0.790. The molecule has 0 bridgehead atoms. The van der Waals surface area contributed by atoms with Gasteiger partial charge in [0.05, 0.1) is 26.5 Å². The van der Waals surface area contributed by atoms with Gasteiger partial charge in [0, 0.05) is 5.69 Å². The third-order valence-electron chi connectivity index (χ3n) is 4.10. The van der Waals surface area contributed by atoms with E-state index >= 15 is 0 Å². The van der Waals surface area contributed by atoms with Gasteiger partial charge in [0.1, 0.15) is 0 Å². The minimum absolute atomic E-state index is 0.0178. The Bertz CT molecular complexity index is 1120. The van der Waals surface area contributed by atoms with Crippen LogP contribution in [0.1, 0.15) is 6.42 Å². The van der Waals surface area contributed by atoms with Gasteiger partial charge < -0.3 is 0 Å². The molecule has 1 unspecified atom stereocenters. The molecule has 7 nitrogen and oxygen atoms in total. The number of para-hydroxylation sites is 1. The van der Waals surface area contributed by atoms with Gasteiger partial charge in [0.15, 0.2) is 19.7 Å². The van der Waals surface area contributed by atoms with Crippen molar-refractivity contribution in [2.24, 2.45) is 0 Å². The summed E-state index contributed by atoms with van der Waals surface area (Å²) < 4.78 is 75.9. The minimum Gasteiger partial charge on any atom is -0.280 e. The van der Waals surface area contributed by atoms with Crippen molar-refractivity contribution in [3.05, 3.63) is 54.6 Å². The van der Waals surface area contributed by atoms with Crippen molar-refractivity contribution in [1.29, 1.82) is 0 Å². The first-order valence-electron chi connectivity index (χ1n) is 7.72. The van der Waals surface area contributed by atoms with Gasteiger partial charge in [-0.1, -0.05) is 24.3 Å². The molecule has 1 saturated heterocycles. The molecule has 26 heavy (non-hydrogen) atoms. The van der Waals surface area contributed by atoms with Gasteiger partial charge in [0.2, 0.25) is 0 Å². The van der Waals surface area contributed by atoms with Crippen LogP contribution >= 0.6 is 0 Å². The SMILES string of the molecule is O=S1(=O)CCC(S(=O)(=O)c2cccc(S(=O)(=O)Nc3ccccc3)c2)C1. The molecule has 0 spiro atoms. The van der Waals surface area contributed by atoms with Crippen LogP contribution in [0, 0.1) is 0 Å². The lowest BCUT2D eigenvalue weighted by atomic mass is 10.3. The molecular weight excluding hydrogens is 398 g/mol. The first-order valence-corrected chi connectivity index (χ1v) is 12.6. The molecule has 0 aromatic heterocycles. The topological polar surface area (TPSA) is 114 Å². The molecule has 2 aromatic carbocycles. The number of anilines is 1. The van der Waals surface area contributed by atoms with Crippen LogP contribution in [0.3, 0.4) is 0 Å². The molecule has 1 aliphatic rings. The Labute approximate surface area is 153 Å². The normalized spacial score (nSPS) is 19.9. The van der Waals surface area contributed by atoms with E-state index in [1.54, 1.807) is 30.3 Å². The third-order valence-corrected chi connectivity index (χ3v) is 9.65. The van der Waals surface area contributed by atoms with E-state index in [9.17, 15) is 25.3 Å². The first-order chi connectivity index (χ1) is 12.1. The fourth-order valence-corrected chi connectivity index (χ4v) is 8.32. The Balaban J connectivity index is 1.93. The molecule has 140 valence electrons. The van der Waals surface area contributed by atoms with Gasteiger partial charge in [-0.3, -0.25) is 4.72 Å². The van der Waals surface area contributed by atoms with E-state index in [0.29, 0.717) is 5.69 Å². The Hall–Kier alpha value is -1.91. The van der Waals surface area contributed by atoms with Crippen LogP contribution in [0.15, 0.2) is 64.4 Å². The summed E-state index contributed by atoms with van der Waals surface area (Å²) in [6.45, 7) is 0. The zero-order valence-electron chi connectivity index (χ0n) is 13.6. The van der Waals surface area contributed by atoms with Gasteiger partial charge in [-0.05, 0) is 36.8 Å². The predicted molar refractivity (Wildman–Crippen MR) is 97.9 cm³/mol. The van der Waals surface area contributed by atoms with Gasteiger partial charge in [-0.2, -0.15) is 0 Å². The highest BCUT2D eigenvalue weighted by atomic mass is 32.2. The first kappa shape index (κ1) is 18.9. The summed E-state index contributed by atoms with van der Waals surface area (Å²) in [4.78, 5) is -0.404. The third kappa shape index (κ3) is 3.92. The van der Waals surface area contributed by atoms with Crippen molar-refractivity contribution in [3.63, 3.8) is 0 Å². The van der Waals surface area contributed by atoms with Crippen LogP contribution in [0.4, 0.5) is 5.69 Å².